The first-order chi connectivity index (χ1) is 8.63. The summed E-state index contributed by atoms with van der Waals surface area (Å²) in [5, 5.41) is 8.16. The van der Waals surface area contributed by atoms with Gasteiger partial charge in [-0.2, -0.15) is 11.3 Å². The molecule has 0 saturated carbocycles. The van der Waals surface area contributed by atoms with Crippen molar-refractivity contribution >= 4 is 40.2 Å². The number of rotatable bonds is 3. The predicted octanol–water partition coefficient (Wildman–Crippen LogP) is 3.16. The van der Waals surface area contributed by atoms with Crippen LogP contribution in [0.15, 0.2) is 22.2 Å². The van der Waals surface area contributed by atoms with E-state index in [1.807, 2.05) is 12.3 Å². The van der Waals surface area contributed by atoms with Gasteiger partial charge in [-0.3, -0.25) is 4.79 Å². The summed E-state index contributed by atoms with van der Waals surface area (Å²) in [5.41, 5.74) is 2.04. The van der Waals surface area contributed by atoms with Gasteiger partial charge >= 0.3 is 5.97 Å². The Balaban J connectivity index is 2.20. The number of carbonyl (C=O) groups excluding carboxylic acids is 2. The second kappa shape index (κ2) is 5.32. The molecule has 18 heavy (non-hydrogen) atoms. The maximum atomic E-state index is 12.0. The van der Waals surface area contributed by atoms with Crippen molar-refractivity contribution in [3.8, 4) is 0 Å². The lowest BCUT2D eigenvalue weighted by atomic mass is 10.2. The maximum absolute atomic E-state index is 12.0. The number of methoxy groups -OCH3 is 1. The highest BCUT2D eigenvalue weighted by Gasteiger charge is 2.17. The van der Waals surface area contributed by atoms with Crippen molar-refractivity contribution in [2.45, 2.75) is 6.92 Å². The zero-order valence-electron chi connectivity index (χ0n) is 9.85. The van der Waals surface area contributed by atoms with Crippen LogP contribution in [0.2, 0.25) is 0 Å². The smallest absolute Gasteiger partial charge is 0.350 e. The molecule has 2 aromatic heterocycles. The Labute approximate surface area is 112 Å². The molecule has 1 N–H and O–H groups in total. The Morgan fingerprint density at radius 3 is 2.72 bits per heavy atom. The average Bonchev–Trinajstić information content (AvgIpc) is 2.97. The summed E-state index contributed by atoms with van der Waals surface area (Å²) < 4.78 is 4.65. The minimum absolute atomic E-state index is 0.211. The summed E-state index contributed by atoms with van der Waals surface area (Å²) in [7, 11) is 1.32. The number of nitrogens with one attached hydrogen (secondary N) is 1. The van der Waals surface area contributed by atoms with Crippen molar-refractivity contribution in [1.82, 2.24) is 0 Å². The van der Waals surface area contributed by atoms with E-state index in [2.05, 4.69) is 10.1 Å². The molecule has 0 radical (unpaired) electrons. The van der Waals surface area contributed by atoms with Crippen molar-refractivity contribution in [2.75, 3.05) is 12.4 Å². The Kier molecular flexibility index (Phi) is 3.78. The van der Waals surface area contributed by atoms with Crippen LogP contribution in [0.5, 0.6) is 0 Å². The topological polar surface area (TPSA) is 55.4 Å². The van der Waals surface area contributed by atoms with E-state index in [0.717, 1.165) is 5.56 Å². The zero-order chi connectivity index (χ0) is 13.1. The lowest BCUT2D eigenvalue weighted by Crippen LogP contribution is -2.14. The molecule has 6 heteroatoms. The molecule has 2 aromatic rings. The monoisotopic (exact) mass is 281 g/mol. The van der Waals surface area contributed by atoms with Crippen LogP contribution in [0.1, 0.15) is 25.6 Å². The van der Waals surface area contributed by atoms with Crippen molar-refractivity contribution in [3.63, 3.8) is 0 Å². The van der Waals surface area contributed by atoms with E-state index in [-0.39, 0.29) is 5.91 Å². The van der Waals surface area contributed by atoms with Crippen LogP contribution < -0.4 is 5.32 Å². The Bertz CT molecular complexity index is 586. The largest absolute Gasteiger partial charge is 0.465 e. The number of hydrogen-bond donors (Lipinski definition) is 1. The molecule has 2 rings (SSSR count). The molecule has 1 amide bonds. The van der Waals surface area contributed by atoms with Gasteiger partial charge in [0.15, 0.2) is 0 Å². The van der Waals surface area contributed by atoms with Gasteiger partial charge in [-0.25, -0.2) is 4.79 Å². The number of aryl methyl sites for hydroxylation is 1. The molecule has 0 saturated heterocycles. The van der Waals surface area contributed by atoms with Crippen LogP contribution in [0.4, 0.5) is 5.69 Å². The third kappa shape index (κ3) is 2.44. The third-order valence-electron chi connectivity index (χ3n) is 2.38. The molecule has 0 aliphatic rings. The summed E-state index contributed by atoms with van der Waals surface area (Å²) >= 11 is 2.71. The number of anilines is 1. The van der Waals surface area contributed by atoms with Gasteiger partial charge in [0.05, 0.1) is 18.4 Å². The Morgan fingerprint density at radius 1 is 1.33 bits per heavy atom. The molecule has 0 aromatic carbocycles. The molecule has 0 spiro atoms. The molecule has 0 unspecified atom stereocenters. The van der Waals surface area contributed by atoms with Gasteiger partial charge < -0.3 is 10.1 Å². The van der Waals surface area contributed by atoms with Crippen LogP contribution in [0.25, 0.3) is 0 Å². The van der Waals surface area contributed by atoms with Crippen LogP contribution in [0.3, 0.4) is 0 Å². The van der Waals surface area contributed by atoms with E-state index in [4.69, 9.17) is 0 Å². The van der Waals surface area contributed by atoms with Gasteiger partial charge in [0.2, 0.25) is 0 Å². The second-order valence-corrected chi connectivity index (χ2v) is 5.24. The number of hydrogen-bond acceptors (Lipinski definition) is 5. The van der Waals surface area contributed by atoms with Gasteiger partial charge in [-0.1, -0.05) is 0 Å². The molecule has 2 heterocycles. The summed E-state index contributed by atoms with van der Waals surface area (Å²) in [4.78, 5) is 23.9. The number of ether oxygens (including phenoxy) is 1. The first kappa shape index (κ1) is 12.8. The minimum Gasteiger partial charge on any atom is -0.465 e. The van der Waals surface area contributed by atoms with E-state index < -0.39 is 5.97 Å². The SMILES string of the molecule is COC(=O)c1sccc1NC(=O)c1cscc1C. The van der Waals surface area contributed by atoms with Gasteiger partial charge in [0.1, 0.15) is 4.88 Å². The predicted molar refractivity (Wildman–Crippen MR) is 72.7 cm³/mol. The van der Waals surface area contributed by atoms with Gasteiger partial charge in [0.25, 0.3) is 5.91 Å². The van der Waals surface area contributed by atoms with Crippen molar-refractivity contribution < 1.29 is 14.3 Å². The molecule has 0 bridgehead atoms. The standard InChI is InChI=1S/C12H11NO3S2/c1-7-5-17-6-8(7)11(14)13-9-3-4-18-10(9)12(15)16-2/h3-6H,1-2H3,(H,13,14). The second-order valence-electron chi connectivity index (χ2n) is 3.58. The summed E-state index contributed by atoms with van der Waals surface area (Å²) in [5.74, 6) is -0.653. The van der Waals surface area contributed by atoms with Crippen LogP contribution >= 0.6 is 22.7 Å². The van der Waals surface area contributed by atoms with E-state index in [1.54, 1.807) is 16.8 Å². The normalized spacial score (nSPS) is 10.1. The summed E-state index contributed by atoms with van der Waals surface area (Å²) in [6.45, 7) is 1.88. The van der Waals surface area contributed by atoms with Crippen molar-refractivity contribution in [1.29, 1.82) is 0 Å². The Hall–Kier alpha value is -1.66. The fourth-order valence-corrected chi connectivity index (χ4v) is 3.04. The highest BCUT2D eigenvalue weighted by atomic mass is 32.1. The molecule has 4 nitrogen and oxygen atoms in total. The number of amides is 1. The van der Waals surface area contributed by atoms with Crippen molar-refractivity contribution in [3.05, 3.63) is 38.2 Å². The molecule has 94 valence electrons. The molecule has 0 atom stereocenters. The van der Waals surface area contributed by atoms with E-state index in [0.29, 0.717) is 16.1 Å². The first-order valence-electron chi connectivity index (χ1n) is 5.13. The fraction of sp³-hybridized carbons (Fsp3) is 0.167. The summed E-state index contributed by atoms with van der Waals surface area (Å²) in [6.07, 6.45) is 0. The maximum Gasteiger partial charge on any atom is 0.350 e. The van der Waals surface area contributed by atoms with E-state index in [9.17, 15) is 9.59 Å². The lowest BCUT2D eigenvalue weighted by molar-refractivity contribution is 0.0607. The third-order valence-corrected chi connectivity index (χ3v) is 4.14. The molecule has 0 aliphatic carbocycles. The fourth-order valence-electron chi connectivity index (χ4n) is 1.44. The van der Waals surface area contributed by atoms with E-state index >= 15 is 0 Å². The van der Waals surface area contributed by atoms with Gasteiger partial charge in [-0.15, -0.1) is 11.3 Å². The zero-order valence-corrected chi connectivity index (χ0v) is 11.5. The lowest BCUT2D eigenvalue weighted by Gasteiger charge is -2.05. The van der Waals surface area contributed by atoms with Gasteiger partial charge in [0, 0.05) is 5.38 Å². The van der Waals surface area contributed by atoms with Crippen LogP contribution in [-0.2, 0) is 4.74 Å². The van der Waals surface area contributed by atoms with Gasteiger partial charge in [-0.05, 0) is 29.3 Å². The molecule has 0 fully saturated rings. The minimum atomic E-state index is -0.442. The molecular weight excluding hydrogens is 270 g/mol. The molecular formula is C12H11NO3S2. The molecule has 0 aliphatic heterocycles. The Morgan fingerprint density at radius 2 is 2.11 bits per heavy atom. The average molecular weight is 281 g/mol. The highest BCUT2D eigenvalue weighted by Crippen LogP contribution is 2.24. The summed E-state index contributed by atoms with van der Waals surface area (Å²) in [6, 6.07) is 1.69. The van der Waals surface area contributed by atoms with Crippen molar-refractivity contribution in [2.24, 2.45) is 0 Å². The first-order valence-corrected chi connectivity index (χ1v) is 6.95. The highest BCUT2D eigenvalue weighted by molar-refractivity contribution is 7.12. The number of carbonyl (C=O) groups is 2. The number of esters is 1. The quantitative estimate of drug-likeness (QED) is 0.879. The van der Waals surface area contributed by atoms with E-state index in [1.165, 1.54) is 29.8 Å². The van der Waals surface area contributed by atoms with Crippen LogP contribution in [-0.4, -0.2) is 19.0 Å². The number of thiophene rings is 2. The van der Waals surface area contributed by atoms with Crippen LogP contribution in [0, 0.1) is 6.92 Å².